The van der Waals surface area contributed by atoms with E-state index in [1.807, 2.05) is 57.0 Å². The van der Waals surface area contributed by atoms with Crippen LogP contribution in [-0.4, -0.2) is 44.1 Å². The molecule has 5 aromatic heterocycles. The number of halogens is 1. The van der Waals surface area contributed by atoms with Gasteiger partial charge in [-0.3, -0.25) is 10.1 Å². The summed E-state index contributed by atoms with van der Waals surface area (Å²) in [6, 6.07) is 15.6. The number of nitrogens with zero attached hydrogens (tertiary/aromatic N) is 4. The molecule has 0 bridgehead atoms. The Morgan fingerprint density at radius 3 is 2.68 bits per heavy atom. The Balaban J connectivity index is 1.45. The third-order valence-corrected chi connectivity index (χ3v) is 6.71. The van der Waals surface area contributed by atoms with Crippen LogP contribution in [0.4, 0.5) is 4.39 Å². The van der Waals surface area contributed by atoms with Crippen LogP contribution >= 0.6 is 11.3 Å². The number of rotatable bonds is 5. The van der Waals surface area contributed by atoms with Gasteiger partial charge in [-0.05, 0) is 56.1 Å². The molecule has 1 aromatic carbocycles. The Bertz CT molecular complexity index is 1640. The molecule has 0 aliphatic carbocycles. The highest BCUT2D eigenvalue weighted by Gasteiger charge is 2.16. The van der Waals surface area contributed by atoms with E-state index in [0.29, 0.717) is 0 Å². The van der Waals surface area contributed by atoms with E-state index < -0.39 is 0 Å². The summed E-state index contributed by atoms with van der Waals surface area (Å²) in [5, 5.41) is 9.37. The number of pyridine rings is 2. The number of fused-ring (bicyclic) bond motifs is 2. The third kappa shape index (κ3) is 3.67. The molecule has 0 unspecified atom stereocenters. The van der Waals surface area contributed by atoms with Gasteiger partial charge >= 0.3 is 0 Å². The van der Waals surface area contributed by atoms with E-state index in [-0.39, 0.29) is 5.13 Å². The largest absolute Gasteiger partial charge is 0.353 e. The number of benzene rings is 1. The van der Waals surface area contributed by atoms with Gasteiger partial charge in [0, 0.05) is 63.0 Å². The van der Waals surface area contributed by atoms with E-state index >= 15 is 0 Å². The summed E-state index contributed by atoms with van der Waals surface area (Å²) >= 11 is 1.15. The predicted molar refractivity (Wildman–Crippen MR) is 135 cm³/mol. The topological polar surface area (TPSA) is 73.5 Å². The normalized spacial score (nSPS) is 11.8. The lowest BCUT2D eigenvalue weighted by atomic mass is 10.1. The molecule has 168 valence electrons. The molecule has 34 heavy (non-hydrogen) atoms. The van der Waals surface area contributed by atoms with Gasteiger partial charge in [-0.1, -0.05) is 12.1 Å². The summed E-state index contributed by atoms with van der Waals surface area (Å²) < 4.78 is 13.7. The highest BCUT2D eigenvalue weighted by atomic mass is 32.1. The first kappa shape index (κ1) is 20.7. The number of thiophene rings is 1. The second-order valence-electron chi connectivity index (χ2n) is 8.57. The molecular weight excluding hydrogens is 447 g/mol. The van der Waals surface area contributed by atoms with Crippen molar-refractivity contribution in [1.82, 2.24) is 30.0 Å². The van der Waals surface area contributed by atoms with E-state index in [9.17, 15) is 4.39 Å². The summed E-state index contributed by atoms with van der Waals surface area (Å²) in [5.74, 6) is 0. The molecule has 0 saturated carbocycles. The van der Waals surface area contributed by atoms with Crippen LogP contribution in [0.15, 0.2) is 67.1 Å². The SMILES string of the molecule is CN(C)Cc1cncc(-c2cnc3[nH]nc(-c4cc5c(-c6ccc(F)s6)cccc5[nH]4)c3c2)c1. The van der Waals surface area contributed by atoms with Crippen molar-refractivity contribution in [3.63, 3.8) is 0 Å². The predicted octanol–water partition coefficient (Wildman–Crippen LogP) is 6.10. The average Bonchev–Trinajstić information content (AvgIpc) is 3.55. The smallest absolute Gasteiger partial charge is 0.176 e. The molecule has 6 nitrogen and oxygen atoms in total. The molecular formula is C26H21FN6S. The molecule has 0 aliphatic heterocycles. The van der Waals surface area contributed by atoms with Crippen molar-refractivity contribution < 1.29 is 4.39 Å². The molecule has 0 fully saturated rings. The number of H-pyrrole nitrogens is 2. The number of hydrogen-bond donors (Lipinski definition) is 2. The average molecular weight is 469 g/mol. The van der Waals surface area contributed by atoms with Crippen LogP contribution in [-0.2, 0) is 6.54 Å². The lowest BCUT2D eigenvalue weighted by Gasteiger charge is -2.10. The number of aromatic amines is 2. The van der Waals surface area contributed by atoms with Crippen LogP contribution in [0.25, 0.3) is 54.9 Å². The number of hydrogen-bond acceptors (Lipinski definition) is 5. The molecule has 0 amide bonds. The Morgan fingerprint density at radius 1 is 0.971 bits per heavy atom. The van der Waals surface area contributed by atoms with Crippen LogP contribution in [0, 0.1) is 5.13 Å². The minimum atomic E-state index is -0.191. The zero-order valence-electron chi connectivity index (χ0n) is 18.6. The first-order valence-corrected chi connectivity index (χ1v) is 11.7. The van der Waals surface area contributed by atoms with Crippen LogP contribution in [0.5, 0.6) is 0 Å². The van der Waals surface area contributed by atoms with Gasteiger partial charge in [0.1, 0.15) is 5.69 Å². The van der Waals surface area contributed by atoms with E-state index in [2.05, 4.69) is 48.2 Å². The molecule has 6 aromatic rings. The first-order valence-electron chi connectivity index (χ1n) is 10.9. The van der Waals surface area contributed by atoms with E-state index in [1.54, 1.807) is 0 Å². The summed E-state index contributed by atoms with van der Waals surface area (Å²) in [4.78, 5) is 15.5. The van der Waals surface area contributed by atoms with Crippen LogP contribution in [0.3, 0.4) is 0 Å². The van der Waals surface area contributed by atoms with Crippen LogP contribution in [0.1, 0.15) is 5.56 Å². The summed E-state index contributed by atoms with van der Waals surface area (Å²) in [6.45, 7) is 0.818. The standard InChI is InChI=1S/C26H21FN6S/c1-33(2)14-15-8-16(12-28-11-15)17-9-20-25(31-32-26(20)29-13-17)22-10-19-18(4-3-5-21(19)30-22)23-6-7-24(27)34-23/h3-13,30H,14H2,1-2H3,(H,29,31,32). The lowest BCUT2D eigenvalue weighted by Crippen LogP contribution is -2.10. The second kappa shape index (κ2) is 8.16. The molecule has 0 atom stereocenters. The highest BCUT2D eigenvalue weighted by Crippen LogP contribution is 2.36. The minimum absolute atomic E-state index is 0.191. The van der Waals surface area contributed by atoms with Crippen molar-refractivity contribution >= 4 is 33.3 Å². The molecule has 0 saturated heterocycles. The molecule has 8 heteroatoms. The molecule has 2 N–H and O–H groups in total. The van der Waals surface area contributed by atoms with Crippen molar-refractivity contribution in [2.45, 2.75) is 6.54 Å². The van der Waals surface area contributed by atoms with E-state index in [1.165, 1.54) is 6.07 Å². The number of nitrogens with one attached hydrogen (secondary N) is 2. The first-order chi connectivity index (χ1) is 16.5. The van der Waals surface area contributed by atoms with Gasteiger partial charge in [-0.2, -0.15) is 9.49 Å². The van der Waals surface area contributed by atoms with Gasteiger partial charge in [-0.15, -0.1) is 11.3 Å². The molecule has 0 aliphatic rings. The van der Waals surface area contributed by atoms with Gasteiger partial charge < -0.3 is 9.88 Å². The monoisotopic (exact) mass is 468 g/mol. The van der Waals surface area contributed by atoms with Gasteiger partial charge in [0.15, 0.2) is 10.8 Å². The van der Waals surface area contributed by atoms with Gasteiger partial charge in [-0.25, -0.2) is 4.98 Å². The van der Waals surface area contributed by atoms with Crippen molar-refractivity contribution in [2.24, 2.45) is 0 Å². The summed E-state index contributed by atoms with van der Waals surface area (Å²) in [7, 11) is 4.08. The van der Waals surface area contributed by atoms with Crippen LogP contribution in [0.2, 0.25) is 0 Å². The Kier molecular flexibility index (Phi) is 4.97. The zero-order chi connectivity index (χ0) is 23.2. The van der Waals surface area contributed by atoms with Gasteiger partial charge in [0.25, 0.3) is 0 Å². The van der Waals surface area contributed by atoms with Crippen molar-refractivity contribution in [3.8, 4) is 33.0 Å². The summed E-state index contributed by atoms with van der Waals surface area (Å²) in [5.41, 5.74) is 7.50. The van der Waals surface area contributed by atoms with Gasteiger partial charge in [0.2, 0.25) is 0 Å². The van der Waals surface area contributed by atoms with Gasteiger partial charge in [0.05, 0.1) is 5.69 Å². The maximum Gasteiger partial charge on any atom is 0.176 e. The lowest BCUT2D eigenvalue weighted by molar-refractivity contribution is 0.402. The Labute approximate surface area is 199 Å². The summed E-state index contributed by atoms with van der Waals surface area (Å²) in [6.07, 6.45) is 5.59. The van der Waals surface area contributed by atoms with E-state index in [4.69, 9.17) is 0 Å². The van der Waals surface area contributed by atoms with Crippen molar-refractivity contribution in [2.75, 3.05) is 14.1 Å². The fourth-order valence-electron chi connectivity index (χ4n) is 4.32. The van der Waals surface area contributed by atoms with Crippen LogP contribution < -0.4 is 0 Å². The number of aromatic nitrogens is 5. The zero-order valence-corrected chi connectivity index (χ0v) is 19.4. The maximum absolute atomic E-state index is 13.7. The fraction of sp³-hybridized carbons (Fsp3) is 0.115. The second-order valence-corrected chi connectivity index (χ2v) is 9.60. The molecule has 5 heterocycles. The Morgan fingerprint density at radius 2 is 1.85 bits per heavy atom. The minimum Gasteiger partial charge on any atom is -0.353 e. The van der Waals surface area contributed by atoms with Crippen molar-refractivity contribution in [1.29, 1.82) is 0 Å². The van der Waals surface area contributed by atoms with E-state index in [0.717, 1.165) is 78.3 Å². The molecule has 0 spiro atoms. The maximum atomic E-state index is 13.7. The third-order valence-electron chi connectivity index (χ3n) is 5.80. The highest BCUT2D eigenvalue weighted by molar-refractivity contribution is 7.14. The molecule has 6 rings (SSSR count). The quantitative estimate of drug-likeness (QED) is 0.321. The Hall–Kier alpha value is -3.88. The molecule has 0 radical (unpaired) electrons. The van der Waals surface area contributed by atoms with Crippen molar-refractivity contribution in [3.05, 3.63) is 77.8 Å². The fourth-order valence-corrected chi connectivity index (χ4v) is 5.09.